The highest BCUT2D eigenvalue weighted by molar-refractivity contribution is 5.09. The molecule has 0 amide bonds. The Balaban J connectivity index is 2.13. The van der Waals surface area contributed by atoms with Gasteiger partial charge in [0.05, 0.1) is 0 Å². The Morgan fingerprint density at radius 2 is 2.38 bits per heavy atom. The second kappa shape index (κ2) is 1.25. The van der Waals surface area contributed by atoms with Crippen molar-refractivity contribution in [2.75, 3.05) is 0 Å². The zero-order chi connectivity index (χ0) is 5.72. The van der Waals surface area contributed by atoms with Gasteiger partial charge < -0.3 is 11.1 Å². The topological polar surface area (TPSA) is 38.0 Å². The first-order valence-electron chi connectivity index (χ1n) is 3.30. The van der Waals surface area contributed by atoms with Crippen LogP contribution in [0.1, 0.15) is 13.3 Å². The highest BCUT2D eigenvalue weighted by Gasteiger charge is 2.48. The maximum atomic E-state index is 5.76. The monoisotopic (exact) mass is 112 g/mol. The van der Waals surface area contributed by atoms with Crippen molar-refractivity contribution in [2.45, 2.75) is 31.5 Å². The lowest BCUT2D eigenvalue weighted by molar-refractivity contribution is 0.291. The molecule has 3 rings (SSSR count). The Bertz CT molecular complexity index is 109. The average molecular weight is 112 g/mol. The van der Waals surface area contributed by atoms with Crippen LogP contribution < -0.4 is 11.1 Å². The number of fused-ring (bicyclic) bond motifs is 1. The van der Waals surface area contributed by atoms with Crippen LogP contribution in [0, 0.1) is 5.92 Å². The lowest BCUT2D eigenvalue weighted by Gasteiger charge is -2.31. The molecule has 1 aliphatic carbocycles. The lowest BCUT2D eigenvalue weighted by Crippen LogP contribution is -2.48. The predicted molar refractivity (Wildman–Crippen MR) is 32.5 cm³/mol. The largest absolute Gasteiger partial charge is 0.326 e. The second-order valence-electron chi connectivity index (χ2n) is 3.04. The summed E-state index contributed by atoms with van der Waals surface area (Å²) >= 11 is 0. The highest BCUT2D eigenvalue weighted by atomic mass is 15.1. The van der Waals surface area contributed by atoms with Gasteiger partial charge in [-0.2, -0.15) is 0 Å². The Labute approximate surface area is 49.4 Å². The SMILES string of the molecule is C[C@@H]1N[C@H]2C[C@@H]1[C@H]2N. The Morgan fingerprint density at radius 1 is 1.62 bits per heavy atom. The van der Waals surface area contributed by atoms with Crippen molar-refractivity contribution in [2.24, 2.45) is 11.7 Å². The number of hydrogen-bond donors (Lipinski definition) is 2. The van der Waals surface area contributed by atoms with Crippen LogP contribution in [0.4, 0.5) is 0 Å². The van der Waals surface area contributed by atoms with Crippen molar-refractivity contribution >= 4 is 0 Å². The molecular formula is C6H12N2. The van der Waals surface area contributed by atoms with E-state index >= 15 is 0 Å². The van der Waals surface area contributed by atoms with Gasteiger partial charge in [0.1, 0.15) is 0 Å². The number of nitrogens with two attached hydrogens (primary N) is 1. The van der Waals surface area contributed by atoms with E-state index in [0.717, 1.165) is 5.92 Å². The molecule has 0 unspecified atom stereocenters. The van der Waals surface area contributed by atoms with Crippen molar-refractivity contribution in [1.29, 1.82) is 0 Å². The van der Waals surface area contributed by atoms with Gasteiger partial charge in [0, 0.05) is 18.1 Å². The second-order valence-corrected chi connectivity index (χ2v) is 3.04. The summed E-state index contributed by atoms with van der Waals surface area (Å²) in [6.07, 6.45) is 1.32. The molecule has 3 fully saturated rings. The third kappa shape index (κ3) is 0.361. The van der Waals surface area contributed by atoms with E-state index in [1.807, 2.05) is 0 Å². The first-order chi connectivity index (χ1) is 3.79. The minimum absolute atomic E-state index is 0.477. The van der Waals surface area contributed by atoms with E-state index < -0.39 is 0 Å². The minimum Gasteiger partial charge on any atom is -0.326 e. The summed E-state index contributed by atoms with van der Waals surface area (Å²) in [6, 6.07) is 1.83. The standard InChI is InChI=1S/C6H12N2/c1-3-4-2-5(8-3)6(4)7/h3-6,8H,2,7H2,1H3/t3-,4-,5-,6+/m0/s1. The molecule has 1 saturated carbocycles. The van der Waals surface area contributed by atoms with Crippen LogP contribution >= 0.6 is 0 Å². The van der Waals surface area contributed by atoms with Gasteiger partial charge in [-0.15, -0.1) is 0 Å². The van der Waals surface area contributed by atoms with Crippen molar-refractivity contribution in [3.8, 4) is 0 Å². The van der Waals surface area contributed by atoms with Crippen LogP contribution in [0.3, 0.4) is 0 Å². The fourth-order valence-corrected chi connectivity index (χ4v) is 1.89. The van der Waals surface area contributed by atoms with Gasteiger partial charge in [0.15, 0.2) is 0 Å². The summed E-state index contributed by atoms with van der Waals surface area (Å²) in [5, 5.41) is 3.42. The molecule has 0 aromatic carbocycles. The summed E-state index contributed by atoms with van der Waals surface area (Å²) in [5.41, 5.74) is 5.76. The molecule has 2 heterocycles. The zero-order valence-electron chi connectivity index (χ0n) is 5.09. The van der Waals surface area contributed by atoms with Crippen molar-refractivity contribution in [3.05, 3.63) is 0 Å². The minimum atomic E-state index is 0.477. The highest BCUT2D eigenvalue weighted by Crippen LogP contribution is 2.36. The van der Waals surface area contributed by atoms with E-state index in [0.29, 0.717) is 18.1 Å². The maximum Gasteiger partial charge on any atom is 0.0238 e. The average Bonchev–Trinajstić information content (AvgIpc) is 2.19. The molecule has 3 N–H and O–H groups in total. The molecule has 0 spiro atoms. The Kier molecular flexibility index (Phi) is 0.746. The molecule has 3 aliphatic rings. The molecule has 0 aromatic heterocycles. The number of nitrogens with one attached hydrogen (secondary N) is 1. The summed E-state index contributed by atoms with van der Waals surface area (Å²) in [6.45, 7) is 2.22. The van der Waals surface area contributed by atoms with Gasteiger partial charge in [-0.3, -0.25) is 0 Å². The zero-order valence-corrected chi connectivity index (χ0v) is 5.09. The van der Waals surface area contributed by atoms with Gasteiger partial charge in [-0.25, -0.2) is 0 Å². The van der Waals surface area contributed by atoms with Crippen LogP contribution in [0.15, 0.2) is 0 Å². The molecule has 46 valence electrons. The summed E-state index contributed by atoms with van der Waals surface area (Å²) in [7, 11) is 0. The van der Waals surface area contributed by atoms with Crippen LogP contribution in [0.2, 0.25) is 0 Å². The molecule has 0 radical (unpaired) electrons. The van der Waals surface area contributed by atoms with Gasteiger partial charge in [-0.1, -0.05) is 0 Å². The third-order valence-electron chi connectivity index (χ3n) is 2.60. The van der Waals surface area contributed by atoms with Gasteiger partial charge in [0.25, 0.3) is 0 Å². The summed E-state index contributed by atoms with van der Waals surface area (Å²) in [5.74, 6) is 0.792. The van der Waals surface area contributed by atoms with E-state index in [-0.39, 0.29) is 0 Å². The van der Waals surface area contributed by atoms with Crippen molar-refractivity contribution < 1.29 is 0 Å². The van der Waals surface area contributed by atoms with Gasteiger partial charge in [-0.05, 0) is 19.3 Å². The molecular weight excluding hydrogens is 100 g/mol. The van der Waals surface area contributed by atoms with E-state index in [1.165, 1.54) is 6.42 Å². The summed E-state index contributed by atoms with van der Waals surface area (Å²) in [4.78, 5) is 0. The lowest BCUT2D eigenvalue weighted by atomic mass is 9.78. The molecule has 2 aliphatic heterocycles. The van der Waals surface area contributed by atoms with Crippen LogP contribution in [0.5, 0.6) is 0 Å². The maximum absolute atomic E-state index is 5.76. The fraction of sp³-hybridized carbons (Fsp3) is 1.00. The quantitative estimate of drug-likeness (QED) is 0.451. The van der Waals surface area contributed by atoms with E-state index in [1.54, 1.807) is 0 Å². The van der Waals surface area contributed by atoms with Crippen molar-refractivity contribution in [3.63, 3.8) is 0 Å². The first-order valence-corrected chi connectivity index (χ1v) is 3.30. The van der Waals surface area contributed by atoms with Crippen LogP contribution in [-0.4, -0.2) is 18.1 Å². The third-order valence-corrected chi connectivity index (χ3v) is 2.60. The summed E-state index contributed by atoms with van der Waals surface area (Å²) < 4.78 is 0. The fourth-order valence-electron chi connectivity index (χ4n) is 1.89. The normalized spacial score (nSPS) is 60.8. The van der Waals surface area contributed by atoms with Crippen LogP contribution in [-0.2, 0) is 0 Å². The number of rotatable bonds is 0. The van der Waals surface area contributed by atoms with E-state index in [2.05, 4.69) is 12.2 Å². The van der Waals surface area contributed by atoms with Crippen LogP contribution in [0.25, 0.3) is 0 Å². The smallest absolute Gasteiger partial charge is 0.0238 e. The number of hydrogen-bond acceptors (Lipinski definition) is 2. The molecule has 2 saturated heterocycles. The van der Waals surface area contributed by atoms with Gasteiger partial charge in [0.2, 0.25) is 0 Å². The van der Waals surface area contributed by atoms with E-state index in [4.69, 9.17) is 5.73 Å². The Morgan fingerprint density at radius 3 is 2.50 bits per heavy atom. The van der Waals surface area contributed by atoms with E-state index in [9.17, 15) is 0 Å². The first kappa shape index (κ1) is 4.77. The van der Waals surface area contributed by atoms with Gasteiger partial charge >= 0.3 is 0 Å². The molecule has 2 nitrogen and oxygen atoms in total. The molecule has 2 bridgehead atoms. The Hall–Kier alpha value is -0.0800. The predicted octanol–water partition coefficient (Wildman–Crippen LogP) is -0.306. The molecule has 0 aromatic rings. The molecule has 8 heavy (non-hydrogen) atoms. The van der Waals surface area contributed by atoms with Crippen molar-refractivity contribution in [1.82, 2.24) is 5.32 Å². The molecule has 4 atom stereocenters. The molecule has 2 heteroatoms.